The van der Waals surface area contributed by atoms with Gasteiger partial charge >= 0.3 is 0 Å². The highest BCUT2D eigenvalue weighted by molar-refractivity contribution is 5.25. The minimum Gasteiger partial charge on any atom is -0.305 e. The van der Waals surface area contributed by atoms with Crippen LogP contribution in [-0.2, 0) is 5.54 Å². The number of rotatable bonds is 5. The molecule has 0 aromatic heterocycles. The van der Waals surface area contributed by atoms with Gasteiger partial charge in [-0.25, -0.2) is 0 Å². The van der Waals surface area contributed by atoms with Gasteiger partial charge in [0.05, 0.1) is 5.54 Å². The zero-order valence-corrected chi connectivity index (χ0v) is 14.4. The molecule has 118 valence electrons. The van der Waals surface area contributed by atoms with E-state index in [4.69, 9.17) is 0 Å². The third-order valence-electron chi connectivity index (χ3n) is 5.19. The Morgan fingerprint density at radius 2 is 1.90 bits per heavy atom. The van der Waals surface area contributed by atoms with Gasteiger partial charge in [-0.1, -0.05) is 58.0 Å². The molecule has 3 atom stereocenters. The second kappa shape index (κ2) is 6.93. The van der Waals surface area contributed by atoms with Crippen LogP contribution in [0.15, 0.2) is 30.3 Å². The summed E-state index contributed by atoms with van der Waals surface area (Å²) in [6.07, 6.45) is 2.46. The third kappa shape index (κ3) is 3.49. The molecule has 2 heteroatoms. The van der Waals surface area contributed by atoms with E-state index in [2.05, 4.69) is 75.2 Å². The minimum absolute atomic E-state index is 0.0647. The molecule has 1 aromatic carbocycles. The van der Waals surface area contributed by atoms with Crippen molar-refractivity contribution in [1.82, 2.24) is 10.2 Å². The molecule has 21 heavy (non-hydrogen) atoms. The topological polar surface area (TPSA) is 15.3 Å². The second-order valence-electron chi connectivity index (χ2n) is 7.03. The molecular formula is C19H32N2. The lowest BCUT2D eigenvalue weighted by molar-refractivity contribution is 0.0243. The molecule has 1 saturated heterocycles. The number of piperazine rings is 1. The monoisotopic (exact) mass is 288 g/mol. The van der Waals surface area contributed by atoms with Crippen LogP contribution in [-0.4, -0.2) is 30.1 Å². The molecular weight excluding hydrogens is 256 g/mol. The molecule has 1 aromatic rings. The smallest absolute Gasteiger partial charge is 0.0535 e. The summed E-state index contributed by atoms with van der Waals surface area (Å²) in [4.78, 5) is 2.77. The van der Waals surface area contributed by atoms with Gasteiger partial charge in [0, 0.05) is 25.2 Å². The Morgan fingerprint density at radius 1 is 1.24 bits per heavy atom. The number of hydrogen-bond donors (Lipinski definition) is 1. The quantitative estimate of drug-likeness (QED) is 0.880. The Morgan fingerprint density at radius 3 is 2.43 bits per heavy atom. The highest BCUT2D eigenvalue weighted by Gasteiger charge is 2.39. The van der Waals surface area contributed by atoms with Crippen LogP contribution in [0.25, 0.3) is 0 Å². The summed E-state index contributed by atoms with van der Waals surface area (Å²) in [5, 5.41) is 3.82. The van der Waals surface area contributed by atoms with Crippen LogP contribution in [0, 0.1) is 5.92 Å². The Labute approximate surface area is 130 Å². The lowest BCUT2D eigenvalue weighted by Gasteiger charge is -2.50. The molecule has 0 aliphatic carbocycles. The molecule has 1 N–H and O–H groups in total. The molecule has 1 fully saturated rings. The molecule has 0 amide bonds. The molecule has 0 bridgehead atoms. The van der Waals surface area contributed by atoms with E-state index in [0.29, 0.717) is 18.0 Å². The van der Waals surface area contributed by atoms with Gasteiger partial charge in [-0.2, -0.15) is 0 Å². The molecule has 1 heterocycles. The number of hydrogen-bond acceptors (Lipinski definition) is 2. The van der Waals surface area contributed by atoms with Crippen LogP contribution in [0.5, 0.6) is 0 Å². The molecule has 3 unspecified atom stereocenters. The lowest BCUT2D eigenvalue weighted by Crippen LogP contribution is -2.64. The van der Waals surface area contributed by atoms with Crippen molar-refractivity contribution in [3.63, 3.8) is 0 Å². The van der Waals surface area contributed by atoms with Crippen molar-refractivity contribution in [2.24, 2.45) is 5.92 Å². The number of nitrogens with one attached hydrogen (secondary N) is 1. The minimum atomic E-state index is 0.0647. The summed E-state index contributed by atoms with van der Waals surface area (Å²) < 4.78 is 0. The van der Waals surface area contributed by atoms with E-state index in [-0.39, 0.29) is 5.54 Å². The van der Waals surface area contributed by atoms with Gasteiger partial charge in [0.25, 0.3) is 0 Å². The normalized spacial score (nSPS) is 28.8. The third-order valence-corrected chi connectivity index (χ3v) is 5.19. The predicted octanol–water partition coefficient (Wildman–Crippen LogP) is 4.02. The maximum Gasteiger partial charge on any atom is 0.0535 e. The average molecular weight is 288 g/mol. The molecule has 2 nitrogen and oxygen atoms in total. The first kappa shape index (κ1) is 16.5. The second-order valence-corrected chi connectivity index (χ2v) is 7.03. The van der Waals surface area contributed by atoms with Gasteiger partial charge in [0.2, 0.25) is 0 Å². The Hall–Kier alpha value is -0.860. The van der Waals surface area contributed by atoms with E-state index >= 15 is 0 Å². The molecule has 1 aliphatic rings. The SMILES string of the molecule is CCC1CNC(C)(c2ccccc2)CN1C(CC)C(C)C. The van der Waals surface area contributed by atoms with Gasteiger partial charge in [-0.05, 0) is 31.2 Å². The summed E-state index contributed by atoms with van der Waals surface area (Å²) >= 11 is 0. The van der Waals surface area contributed by atoms with Crippen molar-refractivity contribution in [2.75, 3.05) is 13.1 Å². The Kier molecular flexibility index (Phi) is 5.45. The van der Waals surface area contributed by atoms with Crippen molar-refractivity contribution in [1.29, 1.82) is 0 Å². The van der Waals surface area contributed by atoms with Crippen LogP contribution in [0.1, 0.15) is 53.0 Å². The van der Waals surface area contributed by atoms with Crippen LogP contribution < -0.4 is 5.32 Å². The molecule has 0 spiro atoms. The van der Waals surface area contributed by atoms with Gasteiger partial charge in [0.15, 0.2) is 0 Å². The van der Waals surface area contributed by atoms with Crippen LogP contribution >= 0.6 is 0 Å². The van der Waals surface area contributed by atoms with Gasteiger partial charge in [0.1, 0.15) is 0 Å². The standard InChI is InChI=1S/C19H32N2/c1-6-17-13-20-19(5,16-11-9-8-10-12-16)14-21(17)18(7-2)15(3)4/h8-12,15,17-18,20H,6-7,13-14H2,1-5H3. The first-order valence-electron chi connectivity index (χ1n) is 8.58. The Balaban J connectivity index is 2.26. The van der Waals surface area contributed by atoms with E-state index in [1.54, 1.807) is 0 Å². The Bertz CT molecular complexity index is 428. The predicted molar refractivity (Wildman–Crippen MR) is 91.5 cm³/mol. The van der Waals surface area contributed by atoms with Crippen molar-refractivity contribution >= 4 is 0 Å². The van der Waals surface area contributed by atoms with E-state index < -0.39 is 0 Å². The summed E-state index contributed by atoms with van der Waals surface area (Å²) in [5.74, 6) is 0.710. The van der Waals surface area contributed by atoms with E-state index in [1.165, 1.54) is 18.4 Å². The summed E-state index contributed by atoms with van der Waals surface area (Å²) in [5.41, 5.74) is 1.47. The van der Waals surface area contributed by atoms with Crippen LogP contribution in [0.3, 0.4) is 0 Å². The van der Waals surface area contributed by atoms with Crippen LogP contribution in [0.2, 0.25) is 0 Å². The fourth-order valence-corrected chi connectivity index (χ4v) is 3.87. The van der Waals surface area contributed by atoms with E-state index in [9.17, 15) is 0 Å². The van der Waals surface area contributed by atoms with Crippen LogP contribution in [0.4, 0.5) is 0 Å². The first-order chi connectivity index (χ1) is 10.0. The summed E-state index contributed by atoms with van der Waals surface area (Å²) in [7, 11) is 0. The van der Waals surface area contributed by atoms with Gasteiger partial charge in [-0.15, -0.1) is 0 Å². The maximum absolute atomic E-state index is 3.82. The lowest BCUT2D eigenvalue weighted by atomic mass is 9.85. The largest absolute Gasteiger partial charge is 0.305 e. The highest BCUT2D eigenvalue weighted by atomic mass is 15.3. The van der Waals surface area contributed by atoms with Gasteiger partial charge in [-0.3, -0.25) is 4.90 Å². The average Bonchev–Trinajstić information content (AvgIpc) is 2.49. The zero-order chi connectivity index (χ0) is 15.5. The van der Waals surface area contributed by atoms with Crippen molar-refractivity contribution in [3.05, 3.63) is 35.9 Å². The summed E-state index contributed by atoms with van der Waals surface area (Å²) in [6.45, 7) is 13.9. The summed E-state index contributed by atoms with van der Waals surface area (Å²) in [6, 6.07) is 12.3. The molecule has 2 rings (SSSR count). The van der Waals surface area contributed by atoms with Crippen molar-refractivity contribution in [3.8, 4) is 0 Å². The van der Waals surface area contributed by atoms with Crippen molar-refractivity contribution < 1.29 is 0 Å². The molecule has 1 aliphatic heterocycles. The molecule has 0 radical (unpaired) electrons. The first-order valence-corrected chi connectivity index (χ1v) is 8.58. The highest BCUT2D eigenvalue weighted by Crippen LogP contribution is 2.31. The van der Waals surface area contributed by atoms with Gasteiger partial charge < -0.3 is 5.32 Å². The van der Waals surface area contributed by atoms with Crippen molar-refractivity contribution in [2.45, 2.75) is 65.1 Å². The number of nitrogens with zero attached hydrogens (tertiary/aromatic N) is 1. The fourth-order valence-electron chi connectivity index (χ4n) is 3.87. The van der Waals surface area contributed by atoms with E-state index in [0.717, 1.165) is 13.1 Å². The fraction of sp³-hybridized carbons (Fsp3) is 0.684. The zero-order valence-electron chi connectivity index (χ0n) is 14.4. The number of benzene rings is 1. The molecule has 0 saturated carbocycles. The van der Waals surface area contributed by atoms with E-state index in [1.807, 2.05) is 0 Å². The maximum atomic E-state index is 3.82.